The number of anilines is 1. The van der Waals surface area contributed by atoms with Crippen LogP contribution in [0.15, 0.2) is 66.7 Å². The Balaban J connectivity index is 1.12. The Morgan fingerprint density at radius 1 is 1.28 bits per heavy atom. The molecule has 2 aliphatic heterocycles. The summed E-state index contributed by atoms with van der Waals surface area (Å²) in [7, 11) is 2.08. The Bertz CT molecular complexity index is 1700. The van der Waals surface area contributed by atoms with Crippen molar-refractivity contribution < 1.29 is 9.53 Å². The number of ether oxygens (including phenoxy) is 1. The van der Waals surface area contributed by atoms with Gasteiger partial charge < -0.3 is 20.3 Å². The fourth-order valence-electron chi connectivity index (χ4n) is 6.15. The third kappa shape index (κ3) is 5.77. The fraction of sp³-hybridized carbons (Fsp3) is 0.424. The molecule has 2 aliphatic rings. The molecule has 5 heterocycles. The Kier molecular flexibility index (Phi) is 7.74. The van der Waals surface area contributed by atoms with E-state index in [4.69, 9.17) is 9.84 Å². The molecular formula is C33H42N8O2. The molecular weight excluding hydrogens is 540 g/mol. The minimum atomic E-state index is -0.238. The van der Waals surface area contributed by atoms with Gasteiger partial charge in [-0.2, -0.15) is 5.10 Å². The lowest BCUT2D eigenvalue weighted by atomic mass is 9.74. The van der Waals surface area contributed by atoms with Crippen molar-refractivity contribution in [3.8, 4) is 5.75 Å². The molecule has 0 atom stereocenters. The van der Waals surface area contributed by atoms with Gasteiger partial charge in [0, 0.05) is 74.6 Å². The number of benzene rings is 1. The third-order valence-electron chi connectivity index (χ3n) is 8.81. The number of carbonyl (C=O) groups excluding carboxylic acids is 1. The number of hydrogen-bond donors (Lipinski definition) is 2. The zero-order valence-corrected chi connectivity index (χ0v) is 25.9. The second-order valence-electron chi connectivity index (χ2n) is 12.4. The lowest BCUT2D eigenvalue weighted by Gasteiger charge is -2.56. The van der Waals surface area contributed by atoms with Gasteiger partial charge in [0.1, 0.15) is 23.7 Å². The molecule has 2 fully saturated rings. The standard InChI is InChI=1S/C33H42N8O2/c1-22(2)38(6)24(4)14-23(3)17-41-28-9-7-8-27(31(28)25(5)37-41)36-32(42)29-16-35-30-15-26(10-11-40(29)30)43-13-12-39-20-33(21-39)18-34-19-33/h7-11,14-16,22,34H,3,12-13,17-21H2,1-2,4-6H3,(H,36,42)/b24-14-. The largest absolute Gasteiger partial charge is 0.492 e. The highest BCUT2D eigenvalue weighted by molar-refractivity contribution is 6.08. The SMILES string of the molecule is C=C(/C=C(/C)N(C)C(C)C)Cn1nc(C)c2c(NC(=O)c3cnc4cc(OCCN5CC6(CNC6)C5)ccn34)cccc21. The van der Waals surface area contributed by atoms with Crippen LogP contribution in [0.4, 0.5) is 5.69 Å². The van der Waals surface area contributed by atoms with Gasteiger partial charge in [-0.05, 0) is 57.5 Å². The zero-order valence-electron chi connectivity index (χ0n) is 25.9. The number of nitrogens with one attached hydrogen (secondary N) is 2. The maximum Gasteiger partial charge on any atom is 0.274 e. The topological polar surface area (TPSA) is 92.0 Å². The van der Waals surface area contributed by atoms with Gasteiger partial charge in [0.05, 0.1) is 29.6 Å². The summed E-state index contributed by atoms with van der Waals surface area (Å²) < 4.78 is 9.74. The minimum absolute atomic E-state index is 0.238. The van der Waals surface area contributed by atoms with Gasteiger partial charge in [0.25, 0.3) is 5.91 Å². The van der Waals surface area contributed by atoms with Crippen molar-refractivity contribution in [2.75, 3.05) is 51.7 Å². The average molecular weight is 583 g/mol. The van der Waals surface area contributed by atoms with Crippen LogP contribution in [0.25, 0.3) is 16.6 Å². The van der Waals surface area contributed by atoms with Gasteiger partial charge >= 0.3 is 0 Å². The number of aryl methyl sites for hydroxylation is 1. The summed E-state index contributed by atoms with van der Waals surface area (Å²) in [5, 5.41) is 12.2. The van der Waals surface area contributed by atoms with Crippen LogP contribution in [-0.4, -0.2) is 87.3 Å². The van der Waals surface area contributed by atoms with E-state index in [-0.39, 0.29) is 5.91 Å². The molecule has 10 heteroatoms. The molecule has 226 valence electrons. The van der Waals surface area contributed by atoms with Gasteiger partial charge in [-0.3, -0.25) is 18.8 Å². The summed E-state index contributed by atoms with van der Waals surface area (Å²) in [5.41, 5.74) is 6.24. The number of carbonyl (C=O) groups is 1. The summed E-state index contributed by atoms with van der Waals surface area (Å²) in [6.07, 6.45) is 5.54. The maximum atomic E-state index is 13.5. The highest BCUT2D eigenvalue weighted by Gasteiger charge is 2.46. The molecule has 6 rings (SSSR count). The Morgan fingerprint density at radius 2 is 2.07 bits per heavy atom. The molecule has 0 aliphatic carbocycles. The van der Waals surface area contributed by atoms with E-state index < -0.39 is 0 Å². The molecule has 10 nitrogen and oxygen atoms in total. The van der Waals surface area contributed by atoms with Crippen molar-refractivity contribution in [2.45, 2.75) is 40.3 Å². The smallest absolute Gasteiger partial charge is 0.274 e. The van der Waals surface area contributed by atoms with E-state index in [1.807, 2.05) is 48.1 Å². The molecule has 0 saturated carbocycles. The van der Waals surface area contributed by atoms with E-state index in [1.165, 1.54) is 0 Å². The first kappa shape index (κ1) is 28.9. The maximum absolute atomic E-state index is 13.5. The van der Waals surface area contributed by atoms with E-state index in [2.05, 4.69) is 65.9 Å². The average Bonchev–Trinajstić information content (AvgIpc) is 3.49. The van der Waals surface area contributed by atoms with E-state index in [1.54, 1.807) is 10.6 Å². The number of amides is 1. The third-order valence-corrected chi connectivity index (χ3v) is 8.81. The molecule has 2 N–H and O–H groups in total. The molecule has 0 unspecified atom stereocenters. The minimum Gasteiger partial charge on any atom is -0.492 e. The van der Waals surface area contributed by atoms with Crippen molar-refractivity contribution in [3.05, 3.63) is 78.0 Å². The molecule has 1 aromatic carbocycles. The molecule has 0 radical (unpaired) electrons. The number of allylic oxidation sites excluding steroid dienone is 3. The van der Waals surface area contributed by atoms with Crippen molar-refractivity contribution in [3.63, 3.8) is 0 Å². The Morgan fingerprint density at radius 3 is 2.79 bits per heavy atom. The van der Waals surface area contributed by atoms with E-state index >= 15 is 0 Å². The van der Waals surface area contributed by atoms with Crippen LogP contribution < -0.4 is 15.4 Å². The lowest BCUT2D eigenvalue weighted by molar-refractivity contribution is -0.0440. The molecule has 4 aromatic rings. The van der Waals surface area contributed by atoms with Gasteiger partial charge in [-0.1, -0.05) is 12.6 Å². The highest BCUT2D eigenvalue weighted by atomic mass is 16.5. The predicted octanol–water partition coefficient (Wildman–Crippen LogP) is 4.33. The molecule has 3 aromatic heterocycles. The number of fused-ring (bicyclic) bond motifs is 2. The number of hydrogen-bond acceptors (Lipinski definition) is 7. The van der Waals surface area contributed by atoms with Crippen LogP contribution in [0.1, 0.15) is 37.0 Å². The molecule has 1 amide bonds. The lowest BCUT2D eigenvalue weighted by Crippen LogP contribution is -2.71. The van der Waals surface area contributed by atoms with Crippen LogP contribution in [-0.2, 0) is 6.54 Å². The Hall–Kier alpha value is -4.15. The quantitative estimate of drug-likeness (QED) is 0.255. The van der Waals surface area contributed by atoms with Crippen LogP contribution in [0.5, 0.6) is 5.75 Å². The van der Waals surface area contributed by atoms with Gasteiger partial charge in [-0.25, -0.2) is 4.98 Å². The predicted molar refractivity (Wildman–Crippen MR) is 171 cm³/mol. The second-order valence-corrected chi connectivity index (χ2v) is 12.4. The molecule has 1 spiro atoms. The normalized spacial score (nSPS) is 16.5. The van der Waals surface area contributed by atoms with E-state index in [0.717, 1.165) is 66.3 Å². The van der Waals surface area contributed by atoms with Crippen molar-refractivity contribution >= 4 is 28.1 Å². The summed E-state index contributed by atoms with van der Waals surface area (Å²) in [4.78, 5) is 22.6. The van der Waals surface area contributed by atoms with Crippen molar-refractivity contribution in [2.24, 2.45) is 5.41 Å². The van der Waals surface area contributed by atoms with Crippen molar-refractivity contribution in [1.29, 1.82) is 0 Å². The van der Waals surface area contributed by atoms with Crippen LogP contribution in [0.3, 0.4) is 0 Å². The number of nitrogens with zero attached hydrogens (tertiary/aromatic N) is 6. The number of imidazole rings is 1. The zero-order chi connectivity index (χ0) is 30.3. The number of rotatable bonds is 11. The fourth-order valence-corrected chi connectivity index (χ4v) is 6.15. The van der Waals surface area contributed by atoms with E-state index in [9.17, 15) is 4.79 Å². The van der Waals surface area contributed by atoms with E-state index in [0.29, 0.717) is 41.6 Å². The molecule has 43 heavy (non-hydrogen) atoms. The highest BCUT2D eigenvalue weighted by Crippen LogP contribution is 2.33. The van der Waals surface area contributed by atoms with Gasteiger partial charge in [0.2, 0.25) is 0 Å². The second kappa shape index (κ2) is 11.5. The van der Waals surface area contributed by atoms with Crippen LogP contribution in [0.2, 0.25) is 0 Å². The van der Waals surface area contributed by atoms with Crippen LogP contribution in [0, 0.1) is 12.3 Å². The number of pyridine rings is 1. The van der Waals surface area contributed by atoms with Gasteiger partial charge in [0.15, 0.2) is 0 Å². The summed E-state index contributed by atoms with van der Waals surface area (Å²) in [6.45, 7) is 19.3. The first-order chi connectivity index (χ1) is 20.6. The monoisotopic (exact) mass is 582 g/mol. The number of aromatic nitrogens is 4. The van der Waals surface area contributed by atoms with Gasteiger partial charge in [-0.15, -0.1) is 0 Å². The molecule has 2 saturated heterocycles. The van der Waals surface area contributed by atoms with Crippen LogP contribution >= 0.6 is 0 Å². The Labute approximate surface area is 253 Å². The first-order valence-electron chi connectivity index (χ1n) is 15.0. The van der Waals surface area contributed by atoms with Crippen molar-refractivity contribution in [1.82, 2.24) is 34.3 Å². The summed E-state index contributed by atoms with van der Waals surface area (Å²) in [6, 6.07) is 10.0. The summed E-state index contributed by atoms with van der Waals surface area (Å²) >= 11 is 0. The first-order valence-corrected chi connectivity index (χ1v) is 15.0. The molecule has 0 bridgehead atoms. The number of likely N-dealkylation sites (tertiary alicyclic amines) is 1. The summed E-state index contributed by atoms with van der Waals surface area (Å²) in [5.74, 6) is 0.513.